The number of amides is 2. The molecule has 1 saturated heterocycles. The summed E-state index contributed by atoms with van der Waals surface area (Å²) in [6.07, 6.45) is 3.02. The molecule has 0 spiro atoms. The molecule has 3 N–H and O–H groups in total. The summed E-state index contributed by atoms with van der Waals surface area (Å²) >= 11 is 0. The van der Waals surface area contributed by atoms with E-state index in [2.05, 4.69) is 16.0 Å². The van der Waals surface area contributed by atoms with Crippen molar-refractivity contribution in [2.45, 2.75) is 25.3 Å². The maximum absolute atomic E-state index is 11.7. The van der Waals surface area contributed by atoms with E-state index in [1.807, 2.05) is 0 Å². The molecule has 0 aliphatic carbocycles. The molecule has 1 heterocycles. The molecule has 0 aromatic rings. The van der Waals surface area contributed by atoms with Gasteiger partial charge in [0.15, 0.2) is 0 Å². The van der Waals surface area contributed by atoms with Crippen molar-refractivity contribution in [3.8, 4) is 0 Å². The molecule has 0 unspecified atom stereocenters. The first-order chi connectivity index (χ1) is 8.24. The van der Waals surface area contributed by atoms with Crippen LogP contribution >= 0.6 is 0 Å². The summed E-state index contributed by atoms with van der Waals surface area (Å²) in [7, 11) is 1.57. The molecule has 17 heavy (non-hydrogen) atoms. The van der Waals surface area contributed by atoms with E-state index in [0.717, 1.165) is 25.8 Å². The van der Waals surface area contributed by atoms with Crippen molar-refractivity contribution >= 4 is 11.8 Å². The van der Waals surface area contributed by atoms with E-state index in [1.165, 1.54) is 0 Å². The number of rotatable bonds is 6. The maximum atomic E-state index is 11.7. The van der Waals surface area contributed by atoms with Crippen LogP contribution in [0.25, 0.3) is 0 Å². The van der Waals surface area contributed by atoms with E-state index >= 15 is 0 Å². The van der Waals surface area contributed by atoms with Gasteiger partial charge < -0.3 is 20.7 Å². The highest BCUT2D eigenvalue weighted by molar-refractivity contribution is 5.87. The van der Waals surface area contributed by atoms with Crippen molar-refractivity contribution in [3.63, 3.8) is 0 Å². The van der Waals surface area contributed by atoms with Crippen LogP contribution in [-0.4, -0.2) is 51.2 Å². The minimum atomic E-state index is -0.189. The Kier molecular flexibility index (Phi) is 6.57. The molecule has 6 nitrogen and oxygen atoms in total. The second kappa shape index (κ2) is 8.03. The third-order valence-corrected chi connectivity index (χ3v) is 2.68. The molecule has 1 rings (SSSR count). The summed E-state index contributed by atoms with van der Waals surface area (Å²) in [5.41, 5.74) is 0. The van der Waals surface area contributed by atoms with Gasteiger partial charge in [-0.1, -0.05) is 6.42 Å². The highest BCUT2D eigenvalue weighted by Gasteiger charge is 2.20. The number of methoxy groups -OCH3 is 1. The van der Waals surface area contributed by atoms with Crippen LogP contribution in [0.15, 0.2) is 0 Å². The average molecular weight is 243 g/mol. The second-order valence-electron chi connectivity index (χ2n) is 4.06. The Morgan fingerprint density at radius 1 is 1.35 bits per heavy atom. The second-order valence-corrected chi connectivity index (χ2v) is 4.06. The predicted molar refractivity (Wildman–Crippen MR) is 63.5 cm³/mol. The van der Waals surface area contributed by atoms with Crippen molar-refractivity contribution in [2.75, 3.05) is 33.4 Å². The molecule has 1 aliphatic heterocycles. The molecule has 6 heteroatoms. The zero-order valence-electron chi connectivity index (χ0n) is 10.3. The molecule has 1 atom stereocenters. The lowest BCUT2D eigenvalue weighted by atomic mass is 10.0. The zero-order valence-corrected chi connectivity index (χ0v) is 10.3. The average Bonchev–Trinajstić information content (AvgIpc) is 2.37. The fourth-order valence-electron chi connectivity index (χ4n) is 1.72. The van der Waals surface area contributed by atoms with E-state index in [9.17, 15) is 9.59 Å². The number of carbonyl (C=O) groups is 2. The van der Waals surface area contributed by atoms with Crippen molar-refractivity contribution in [1.29, 1.82) is 0 Å². The fraction of sp³-hybridized carbons (Fsp3) is 0.818. The van der Waals surface area contributed by atoms with Crippen LogP contribution in [0.1, 0.15) is 19.3 Å². The first-order valence-electron chi connectivity index (χ1n) is 6.00. The summed E-state index contributed by atoms with van der Waals surface area (Å²) in [5.74, 6) is -0.280. The Labute approximate surface area is 101 Å². The molecule has 98 valence electrons. The third-order valence-electron chi connectivity index (χ3n) is 2.68. The lowest BCUT2D eigenvalue weighted by Crippen LogP contribution is -2.49. The lowest BCUT2D eigenvalue weighted by molar-refractivity contribution is -0.127. The van der Waals surface area contributed by atoms with Gasteiger partial charge in [0.1, 0.15) is 0 Å². The van der Waals surface area contributed by atoms with Crippen LogP contribution in [0.5, 0.6) is 0 Å². The molecule has 0 aromatic heterocycles. The number of nitrogens with one attached hydrogen (secondary N) is 3. The van der Waals surface area contributed by atoms with E-state index in [4.69, 9.17) is 4.74 Å². The van der Waals surface area contributed by atoms with Crippen molar-refractivity contribution in [1.82, 2.24) is 16.0 Å². The predicted octanol–water partition coefficient (Wildman–Crippen LogP) is -0.993. The largest absolute Gasteiger partial charge is 0.383 e. The number of hydrogen-bond donors (Lipinski definition) is 3. The Balaban J connectivity index is 2.11. The standard InChI is InChI=1S/C11H21N3O3/c1-17-7-6-13-10(15)8-14-11(16)9-4-2-3-5-12-9/h9,12H,2-8H2,1H3,(H,13,15)(H,14,16)/t9-/m0/s1. The normalized spacial score (nSPS) is 19.7. The Morgan fingerprint density at radius 3 is 2.82 bits per heavy atom. The van der Waals surface area contributed by atoms with Crippen LogP contribution in [0.3, 0.4) is 0 Å². The Hall–Kier alpha value is -1.14. The van der Waals surface area contributed by atoms with Gasteiger partial charge in [0.05, 0.1) is 19.2 Å². The molecule has 1 fully saturated rings. The quantitative estimate of drug-likeness (QED) is 0.523. The lowest BCUT2D eigenvalue weighted by Gasteiger charge is -2.22. The molecular weight excluding hydrogens is 222 g/mol. The van der Waals surface area contributed by atoms with Crippen LogP contribution in [-0.2, 0) is 14.3 Å². The summed E-state index contributed by atoms with van der Waals surface area (Å²) in [6.45, 7) is 1.84. The zero-order chi connectivity index (χ0) is 12.5. The van der Waals surface area contributed by atoms with Gasteiger partial charge in [-0.3, -0.25) is 9.59 Å². The van der Waals surface area contributed by atoms with Crippen molar-refractivity contribution < 1.29 is 14.3 Å². The van der Waals surface area contributed by atoms with Crippen LogP contribution in [0.4, 0.5) is 0 Å². The van der Waals surface area contributed by atoms with Crippen molar-refractivity contribution in [3.05, 3.63) is 0 Å². The number of piperidine rings is 1. The molecule has 2 amide bonds. The molecule has 0 radical (unpaired) electrons. The summed E-state index contributed by atoms with van der Waals surface area (Å²) in [4.78, 5) is 23.0. The summed E-state index contributed by atoms with van der Waals surface area (Å²) in [6, 6.07) is -0.143. The highest BCUT2D eigenvalue weighted by atomic mass is 16.5. The smallest absolute Gasteiger partial charge is 0.239 e. The van der Waals surface area contributed by atoms with E-state index < -0.39 is 0 Å². The summed E-state index contributed by atoms with van der Waals surface area (Å²) in [5, 5.41) is 8.40. The van der Waals surface area contributed by atoms with Crippen LogP contribution < -0.4 is 16.0 Å². The number of hydrogen-bond acceptors (Lipinski definition) is 4. The minimum absolute atomic E-state index is 0.0285. The van der Waals surface area contributed by atoms with Crippen LogP contribution in [0, 0.1) is 0 Å². The minimum Gasteiger partial charge on any atom is -0.383 e. The van der Waals surface area contributed by atoms with Gasteiger partial charge in [-0.25, -0.2) is 0 Å². The van der Waals surface area contributed by atoms with E-state index in [-0.39, 0.29) is 24.4 Å². The van der Waals surface area contributed by atoms with Gasteiger partial charge in [-0.15, -0.1) is 0 Å². The Bertz CT molecular complexity index is 252. The van der Waals surface area contributed by atoms with E-state index in [0.29, 0.717) is 13.2 Å². The van der Waals surface area contributed by atoms with Gasteiger partial charge in [-0.05, 0) is 19.4 Å². The molecule has 0 aromatic carbocycles. The van der Waals surface area contributed by atoms with Crippen LogP contribution in [0.2, 0.25) is 0 Å². The van der Waals surface area contributed by atoms with E-state index in [1.54, 1.807) is 7.11 Å². The van der Waals surface area contributed by atoms with Gasteiger partial charge in [0.2, 0.25) is 11.8 Å². The van der Waals surface area contributed by atoms with Crippen molar-refractivity contribution in [2.24, 2.45) is 0 Å². The van der Waals surface area contributed by atoms with Gasteiger partial charge in [0, 0.05) is 13.7 Å². The number of ether oxygens (including phenoxy) is 1. The van der Waals surface area contributed by atoms with Gasteiger partial charge in [-0.2, -0.15) is 0 Å². The maximum Gasteiger partial charge on any atom is 0.239 e. The van der Waals surface area contributed by atoms with Gasteiger partial charge >= 0.3 is 0 Å². The third kappa shape index (κ3) is 5.65. The molecule has 0 bridgehead atoms. The Morgan fingerprint density at radius 2 is 2.18 bits per heavy atom. The monoisotopic (exact) mass is 243 g/mol. The molecule has 1 aliphatic rings. The topological polar surface area (TPSA) is 79.5 Å². The molecular formula is C11H21N3O3. The van der Waals surface area contributed by atoms with Gasteiger partial charge in [0.25, 0.3) is 0 Å². The SMILES string of the molecule is COCCNC(=O)CNC(=O)[C@@H]1CCCCN1. The fourth-order valence-corrected chi connectivity index (χ4v) is 1.72. The first kappa shape index (κ1) is 13.9. The first-order valence-corrected chi connectivity index (χ1v) is 6.00. The molecule has 0 saturated carbocycles. The highest BCUT2D eigenvalue weighted by Crippen LogP contribution is 2.06. The summed E-state index contributed by atoms with van der Waals surface area (Å²) < 4.78 is 4.80. The number of carbonyl (C=O) groups excluding carboxylic acids is 2.